The molecule has 0 radical (unpaired) electrons. The van der Waals surface area contributed by atoms with Crippen molar-refractivity contribution in [3.8, 4) is 0 Å². The third-order valence-electron chi connectivity index (χ3n) is 12.7. The van der Waals surface area contributed by atoms with E-state index in [2.05, 4.69) is 45.2 Å². The minimum Gasteiger partial charge on any atom is -0.453 e. The molecule has 3 aromatic carbocycles. The fraction of sp³-hybridized carbons (Fsp3) is 0.500. The summed E-state index contributed by atoms with van der Waals surface area (Å²) in [4.78, 5) is 80.6. The van der Waals surface area contributed by atoms with Crippen molar-refractivity contribution in [2.75, 3.05) is 42.8 Å². The smallest absolute Gasteiger partial charge is 0.407 e. The number of carbonyl (C=O) groups is 6. The van der Waals surface area contributed by atoms with Crippen LogP contribution in [0.25, 0.3) is 0 Å². The first-order valence-electron chi connectivity index (χ1n) is 22.3. The van der Waals surface area contributed by atoms with Crippen molar-refractivity contribution in [3.05, 3.63) is 89.7 Å². The van der Waals surface area contributed by atoms with Gasteiger partial charge in [0, 0.05) is 42.3 Å². The standard InChI is InChI=1S/C46H59FN6O6.C2H5NO2.4H2/c1-6-29(3)28-41(54)51-26-8-10-39(51)43(55)48-34-18-12-31(13-19-34)37-24-25-38(53(37)36-22-16-33(47)17-23-36)32-14-20-35(21-15-32)49-44(56)40-11-9-27-52(40)45(57)42(30(4)7-2)50-46(58)59-5;1-5-2(3)4;;;;/h12-23,29-30,37-40,42H,6-11,24-28H2,1-5H3,(H,48,55)(H,49,56)(H,50,58);1H3,(H2,3,4);4*1H/t29-,30-,37+,38+,39-,40-,42-;;;;;/m0...../s1. The molecule has 0 aliphatic carbocycles. The summed E-state index contributed by atoms with van der Waals surface area (Å²) in [5, 5.41) is 8.72. The Labute approximate surface area is 381 Å². The molecule has 5 N–H and O–H groups in total. The van der Waals surface area contributed by atoms with Gasteiger partial charge in [0.2, 0.25) is 23.6 Å². The Morgan fingerprint density at radius 3 is 1.66 bits per heavy atom. The highest BCUT2D eigenvalue weighted by molar-refractivity contribution is 5.99. The Morgan fingerprint density at radius 2 is 1.20 bits per heavy atom. The molecule has 64 heavy (non-hydrogen) atoms. The van der Waals surface area contributed by atoms with Crippen LogP contribution in [0.3, 0.4) is 0 Å². The van der Waals surface area contributed by atoms with Crippen molar-refractivity contribution in [2.24, 2.45) is 17.6 Å². The molecule has 0 bridgehead atoms. The Bertz CT molecular complexity index is 2090. The number of hydrogen-bond donors (Lipinski definition) is 4. The second-order valence-electron chi connectivity index (χ2n) is 16.9. The van der Waals surface area contributed by atoms with Gasteiger partial charge < -0.3 is 45.9 Å². The van der Waals surface area contributed by atoms with Crippen LogP contribution in [-0.4, -0.2) is 91.0 Å². The molecule has 0 unspecified atom stereocenters. The molecule has 6 rings (SSSR count). The predicted molar refractivity (Wildman–Crippen MR) is 251 cm³/mol. The van der Waals surface area contributed by atoms with E-state index in [0.29, 0.717) is 56.6 Å². The van der Waals surface area contributed by atoms with Gasteiger partial charge in [-0.1, -0.05) is 64.8 Å². The van der Waals surface area contributed by atoms with Gasteiger partial charge in [0.1, 0.15) is 23.9 Å². The molecule has 0 saturated carbocycles. The van der Waals surface area contributed by atoms with Crippen LogP contribution in [0.2, 0.25) is 0 Å². The van der Waals surface area contributed by atoms with Crippen LogP contribution in [0.4, 0.5) is 31.0 Å². The van der Waals surface area contributed by atoms with Crippen LogP contribution in [0.1, 0.15) is 114 Å². The van der Waals surface area contributed by atoms with Gasteiger partial charge in [-0.15, -0.1) is 0 Å². The second kappa shape index (κ2) is 22.9. The molecule has 3 aliphatic rings. The fourth-order valence-electron chi connectivity index (χ4n) is 8.72. The maximum Gasteiger partial charge on any atom is 0.407 e. The van der Waals surface area contributed by atoms with Gasteiger partial charge in [0.05, 0.1) is 26.3 Å². The highest BCUT2D eigenvalue weighted by Gasteiger charge is 2.40. The van der Waals surface area contributed by atoms with E-state index in [-0.39, 0.29) is 59.1 Å². The molecule has 3 aliphatic heterocycles. The zero-order valence-electron chi connectivity index (χ0n) is 37.8. The number of carbonyl (C=O) groups excluding carboxylic acids is 6. The summed E-state index contributed by atoms with van der Waals surface area (Å²) in [5.74, 6) is -0.905. The number of hydrogen-bond acceptors (Lipinski definition) is 9. The SMILES string of the molecule is CC[C@H](C)CC(=O)N1CCC[C@H]1C(=O)Nc1ccc([C@H]2CC[C@H](c3ccc(NC(=O)[C@@H]4CCCN4C(=O)[C@@H](NC(=O)OC)[C@@H](C)CC)cc3)N2c2ccc(F)cc2)cc1.COC(N)=O.[HH].[HH].[HH].[HH]. The molecule has 0 spiro atoms. The van der Waals surface area contributed by atoms with Gasteiger partial charge in [-0.25, -0.2) is 14.0 Å². The van der Waals surface area contributed by atoms with E-state index in [1.165, 1.54) is 26.4 Å². The first kappa shape index (κ1) is 48.8. The minimum atomic E-state index is -0.802. The molecule has 15 nitrogen and oxygen atoms in total. The van der Waals surface area contributed by atoms with E-state index < -0.39 is 30.3 Å². The molecule has 7 atom stereocenters. The molecule has 16 heteroatoms. The summed E-state index contributed by atoms with van der Waals surface area (Å²) >= 11 is 0. The van der Waals surface area contributed by atoms with Crippen molar-refractivity contribution >= 4 is 52.9 Å². The Hall–Kier alpha value is -6.19. The number of amides is 6. The quantitative estimate of drug-likeness (QED) is 0.123. The molecule has 0 aromatic heterocycles. The van der Waals surface area contributed by atoms with E-state index >= 15 is 0 Å². The van der Waals surface area contributed by atoms with Crippen LogP contribution < -0.4 is 26.6 Å². The molecular weight excluding hydrogens is 822 g/mol. The molecule has 3 fully saturated rings. The van der Waals surface area contributed by atoms with E-state index in [9.17, 15) is 33.2 Å². The number of rotatable bonds is 14. The molecule has 3 heterocycles. The average Bonchev–Trinajstić information content (AvgIpc) is 4.10. The third kappa shape index (κ3) is 12.3. The Morgan fingerprint density at radius 1 is 0.719 bits per heavy atom. The number of anilines is 3. The lowest BCUT2D eigenvalue weighted by molar-refractivity contribution is -0.139. The number of alkyl carbamates (subject to hydrolysis) is 1. The second-order valence-corrected chi connectivity index (χ2v) is 16.9. The van der Waals surface area contributed by atoms with Crippen LogP contribution in [-0.2, 0) is 28.7 Å². The summed E-state index contributed by atoms with van der Waals surface area (Å²) in [5.41, 5.74) is 8.66. The topological polar surface area (TPSA) is 193 Å². The monoisotopic (exact) mass is 894 g/mol. The number of benzene rings is 3. The summed E-state index contributed by atoms with van der Waals surface area (Å²) in [6.07, 6.45) is 4.89. The van der Waals surface area contributed by atoms with Gasteiger partial charge >= 0.3 is 12.2 Å². The number of halogens is 1. The lowest BCUT2D eigenvalue weighted by Gasteiger charge is -2.33. The first-order valence-corrected chi connectivity index (χ1v) is 22.3. The summed E-state index contributed by atoms with van der Waals surface area (Å²) in [6.45, 7) is 8.98. The highest BCUT2D eigenvalue weighted by Crippen LogP contribution is 2.47. The van der Waals surface area contributed by atoms with Crippen LogP contribution >= 0.6 is 0 Å². The van der Waals surface area contributed by atoms with Gasteiger partial charge in [-0.05, 0) is 110 Å². The third-order valence-corrected chi connectivity index (χ3v) is 12.7. The van der Waals surface area contributed by atoms with Gasteiger partial charge in [0.25, 0.3) is 0 Å². The summed E-state index contributed by atoms with van der Waals surface area (Å²) < 4.78 is 22.8. The van der Waals surface area contributed by atoms with Gasteiger partial charge in [0.15, 0.2) is 0 Å². The van der Waals surface area contributed by atoms with Crippen molar-refractivity contribution in [2.45, 2.75) is 116 Å². The van der Waals surface area contributed by atoms with Gasteiger partial charge in [-0.3, -0.25) is 19.2 Å². The number of primary amides is 1. The molecular formula is C48H72FN7O8. The number of likely N-dealkylation sites (tertiary alicyclic amines) is 2. The molecule has 354 valence electrons. The molecule has 3 aromatic rings. The molecule has 3 saturated heterocycles. The Balaban J connectivity index is 0.00000244. The van der Waals surface area contributed by atoms with E-state index in [0.717, 1.165) is 42.5 Å². The normalized spacial score (nSPS) is 20.6. The molecule has 6 amide bonds. The average molecular weight is 894 g/mol. The first-order chi connectivity index (χ1) is 30.7. The van der Waals surface area contributed by atoms with Crippen molar-refractivity contribution < 1.29 is 48.3 Å². The number of nitrogens with two attached hydrogens (primary N) is 1. The van der Waals surface area contributed by atoms with Gasteiger partial charge in [-0.2, -0.15) is 0 Å². The number of methoxy groups -OCH3 is 2. The predicted octanol–water partition coefficient (Wildman–Crippen LogP) is 8.67. The van der Waals surface area contributed by atoms with E-state index in [4.69, 9.17) is 4.74 Å². The van der Waals surface area contributed by atoms with E-state index in [1.54, 1.807) is 21.9 Å². The summed E-state index contributed by atoms with van der Waals surface area (Å²) in [6, 6.07) is 20.1. The lowest BCUT2D eigenvalue weighted by Crippen LogP contribution is -2.54. The zero-order chi connectivity index (χ0) is 46.5. The van der Waals surface area contributed by atoms with Crippen LogP contribution in [0.15, 0.2) is 72.8 Å². The largest absolute Gasteiger partial charge is 0.453 e. The zero-order valence-corrected chi connectivity index (χ0v) is 37.8. The Kier molecular flexibility index (Phi) is 17.5. The highest BCUT2D eigenvalue weighted by atomic mass is 19.1. The van der Waals surface area contributed by atoms with E-state index in [1.807, 2.05) is 62.4 Å². The van der Waals surface area contributed by atoms with Crippen LogP contribution in [0.5, 0.6) is 0 Å². The minimum absolute atomic E-state index is 0. The van der Waals surface area contributed by atoms with Crippen molar-refractivity contribution in [1.82, 2.24) is 15.1 Å². The van der Waals surface area contributed by atoms with Crippen molar-refractivity contribution in [1.29, 1.82) is 0 Å². The maximum atomic E-state index is 14.1. The number of ether oxygens (including phenoxy) is 2. The lowest BCUT2D eigenvalue weighted by atomic mass is 9.97. The maximum absolute atomic E-state index is 14.1. The van der Waals surface area contributed by atoms with Crippen molar-refractivity contribution in [3.63, 3.8) is 0 Å². The number of nitrogens with zero attached hydrogens (tertiary/aromatic N) is 3. The van der Waals surface area contributed by atoms with Crippen LogP contribution in [0, 0.1) is 17.7 Å². The summed E-state index contributed by atoms with van der Waals surface area (Å²) in [7, 11) is 2.48. The number of nitrogens with one attached hydrogen (secondary N) is 3. The fourth-order valence-corrected chi connectivity index (χ4v) is 8.72.